The molecule has 7 rings (SSSR count). The Balaban J connectivity index is 0.000000206. The van der Waals surface area contributed by atoms with E-state index in [9.17, 15) is 14.4 Å². The minimum absolute atomic E-state index is 0. The van der Waals surface area contributed by atoms with Gasteiger partial charge < -0.3 is 4.74 Å². The number of carbonyl (C=O) groups excluding carboxylic acids is 2. The van der Waals surface area contributed by atoms with Crippen LogP contribution in [0, 0.1) is 28.1 Å². The molecule has 0 amide bonds. The molecule has 1 aromatic heterocycles. The van der Waals surface area contributed by atoms with Crippen LogP contribution in [0.25, 0.3) is 0 Å². The monoisotopic (exact) mass is 700 g/mol. The van der Waals surface area contributed by atoms with Crippen molar-refractivity contribution in [1.29, 1.82) is 0 Å². The van der Waals surface area contributed by atoms with Crippen molar-refractivity contribution in [2.45, 2.75) is 98.6 Å². The zero-order valence-electron chi connectivity index (χ0n) is 29.4. The zero-order valence-corrected chi connectivity index (χ0v) is 31.1. The molecule has 3 aromatic rings. The van der Waals surface area contributed by atoms with E-state index in [2.05, 4.69) is 57.3 Å². The molecule has 3 saturated carbocycles. The van der Waals surface area contributed by atoms with Crippen LogP contribution in [0.3, 0.4) is 0 Å². The van der Waals surface area contributed by atoms with Gasteiger partial charge in [-0.2, -0.15) is 0 Å². The van der Waals surface area contributed by atoms with Crippen LogP contribution in [0.5, 0.6) is 0 Å². The lowest BCUT2D eigenvalue weighted by Gasteiger charge is -2.34. The maximum Gasteiger partial charge on any atom is 0.316 e. The van der Waals surface area contributed by atoms with Crippen LogP contribution < -0.4 is 16.8 Å². The van der Waals surface area contributed by atoms with Crippen molar-refractivity contribution in [2.75, 3.05) is 6.61 Å². The predicted molar refractivity (Wildman–Crippen MR) is 195 cm³/mol. The molecule has 4 bridgehead atoms. The Bertz CT molecular complexity index is 1620. The molecular weight excluding hydrogens is 647 g/mol. The maximum atomic E-state index is 12.8. The molecule has 0 spiro atoms. The van der Waals surface area contributed by atoms with Gasteiger partial charge >= 0.3 is 5.97 Å². The molecule has 5 atom stereocenters. The summed E-state index contributed by atoms with van der Waals surface area (Å²) in [6.45, 7) is 16.7. The Kier molecular flexibility index (Phi) is 12.3. The minimum atomic E-state index is -0.506. The van der Waals surface area contributed by atoms with Crippen molar-refractivity contribution < 1.29 is 14.3 Å². The number of aromatic nitrogens is 2. The highest BCUT2D eigenvalue weighted by molar-refractivity contribution is 6.05. The smallest absolute Gasteiger partial charge is 0.316 e. The molecule has 0 saturated heterocycles. The fraction of sp³-hybridized carbons (Fsp3) is 0.553. The Morgan fingerprint density at radius 3 is 1.94 bits per heavy atom. The van der Waals surface area contributed by atoms with E-state index in [1.165, 1.54) is 17.7 Å². The lowest BCUT2D eigenvalue weighted by molar-refractivity contribution is -0.154. The number of H-pyrrole nitrogens is 1. The number of nitrogens with zero attached hydrogens (tertiary/aromatic N) is 1. The molecule has 0 aliphatic heterocycles. The Morgan fingerprint density at radius 2 is 1.44 bits per heavy atom. The summed E-state index contributed by atoms with van der Waals surface area (Å²) in [5.74, 6) is 4.98. The van der Waals surface area contributed by atoms with Gasteiger partial charge in [-0.1, -0.05) is 102 Å². The quantitative estimate of drug-likeness (QED) is 0.109. The Hall–Kier alpha value is -2.91. The van der Waals surface area contributed by atoms with E-state index in [1.807, 2.05) is 55.5 Å². The molecule has 264 valence electrons. The number of halogens is 2. The highest BCUT2D eigenvalue weighted by atomic mass is 35.5. The van der Waals surface area contributed by atoms with Gasteiger partial charge in [0.2, 0.25) is 0 Å². The third-order valence-corrected chi connectivity index (χ3v) is 12.5. The van der Waals surface area contributed by atoms with E-state index < -0.39 is 5.92 Å². The lowest BCUT2D eigenvalue weighted by atomic mass is 9.70. The lowest BCUT2D eigenvalue weighted by Crippen LogP contribution is -2.36. The number of rotatable bonds is 6. The number of esters is 1. The van der Waals surface area contributed by atoms with Gasteiger partial charge in [-0.15, -0.1) is 24.8 Å². The van der Waals surface area contributed by atoms with Gasteiger partial charge in [-0.05, 0) is 66.4 Å². The number of nitrogens with one attached hydrogen (secondary N) is 2. The van der Waals surface area contributed by atoms with Gasteiger partial charge in [-0.3, -0.25) is 30.8 Å². The second kappa shape index (κ2) is 14.9. The molecular formula is C38H54Cl2N4O4. The van der Waals surface area contributed by atoms with Gasteiger partial charge in [0.1, 0.15) is 5.92 Å². The van der Waals surface area contributed by atoms with Crippen molar-refractivity contribution in [3.05, 3.63) is 93.4 Å². The van der Waals surface area contributed by atoms with Crippen LogP contribution in [0.1, 0.15) is 102 Å². The first-order chi connectivity index (χ1) is 21.7. The number of fused-ring (bicyclic) bond motifs is 7. The summed E-state index contributed by atoms with van der Waals surface area (Å²) >= 11 is 0. The molecule has 4 aliphatic carbocycles. The first-order valence-corrected chi connectivity index (χ1v) is 16.8. The van der Waals surface area contributed by atoms with Crippen LogP contribution >= 0.6 is 24.8 Å². The largest absolute Gasteiger partial charge is 0.465 e. The fourth-order valence-electron chi connectivity index (χ4n) is 8.88. The normalized spacial score (nSPS) is 27.8. The summed E-state index contributed by atoms with van der Waals surface area (Å²) in [5.41, 5.74) is 7.32. The number of hydrazine groups is 1. The van der Waals surface area contributed by atoms with Crippen LogP contribution in [0.4, 0.5) is 0 Å². The van der Waals surface area contributed by atoms with E-state index >= 15 is 0 Å². The highest BCUT2D eigenvalue weighted by Crippen LogP contribution is 2.67. The average Bonchev–Trinajstić information content (AvgIpc) is 3.65. The van der Waals surface area contributed by atoms with Gasteiger partial charge in [-0.25, -0.2) is 4.68 Å². The standard InChI is InChI=1S/C18H22N2O.C13H20O3.C7H10N2.2ClH/c1-17(2)13-9-10-18(17,3)15-14(13)16(21)20(19-15)11-12-7-5-4-6-8-12;1-5-16-11(15)9-8-6-7-13(4,10(9)14)12(8,2)3;8-9-6-7-4-2-1-3-5-7;;/h4-8,13,19H,9-11H2,1-3H3;8-9H,5-7H2,1-4H3;1-5,9H,6,8H2;2*1H/t13-,18+;8-,9?,13+;;;/m11.../s1. The first-order valence-electron chi connectivity index (χ1n) is 16.8. The number of ketones is 1. The third-order valence-electron chi connectivity index (χ3n) is 12.5. The minimum Gasteiger partial charge on any atom is -0.465 e. The van der Waals surface area contributed by atoms with Crippen molar-refractivity contribution >= 4 is 36.6 Å². The van der Waals surface area contributed by atoms with Crippen molar-refractivity contribution in [2.24, 2.45) is 33.9 Å². The first kappa shape index (κ1) is 39.5. The Labute approximate surface area is 297 Å². The second-order valence-electron chi connectivity index (χ2n) is 15.1. The predicted octanol–water partition coefficient (Wildman–Crippen LogP) is 7.08. The highest BCUT2D eigenvalue weighted by Gasteiger charge is 2.68. The Morgan fingerprint density at radius 1 is 0.875 bits per heavy atom. The summed E-state index contributed by atoms with van der Waals surface area (Å²) in [7, 11) is 0. The molecule has 4 aliphatic rings. The number of nitrogens with two attached hydrogens (primary N) is 1. The van der Waals surface area contributed by atoms with Gasteiger partial charge in [0.05, 0.1) is 13.2 Å². The van der Waals surface area contributed by atoms with Crippen molar-refractivity contribution in [3.63, 3.8) is 0 Å². The second-order valence-corrected chi connectivity index (χ2v) is 15.1. The number of aromatic amines is 1. The van der Waals surface area contributed by atoms with Gasteiger partial charge in [0.25, 0.3) is 5.56 Å². The number of carbonyl (C=O) groups is 2. The average molecular weight is 702 g/mol. The number of benzene rings is 2. The van der Waals surface area contributed by atoms with E-state index in [0.29, 0.717) is 19.1 Å². The number of hydrogen-bond acceptors (Lipinski definition) is 6. The van der Waals surface area contributed by atoms with E-state index in [-0.39, 0.29) is 69.7 Å². The maximum absolute atomic E-state index is 12.8. The molecule has 4 N–H and O–H groups in total. The SMILES string of the molecule is CC1(C)[C@@H]2CC[C@@]1(C)c1[nH]n(Cc3ccccc3)c(=O)c12.CCOC(=O)C1C(=O)[C@]2(C)CC[C@H]1C2(C)C.Cl.Cl.NNCc1ccccc1. The van der Waals surface area contributed by atoms with E-state index in [0.717, 1.165) is 36.9 Å². The van der Waals surface area contributed by atoms with Crippen molar-refractivity contribution in [1.82, 2.24) is 15.2 Å². The van der Waals surface area contributed by atoms with Crippen LogP contribution in [0.2, 0.25) is 0 Å². The molecule has 1 heterocycles. The molecule has 10 heteroatoms. The molecule has 48 heavy (non-hydrogen) atoms. The molecule has 0 radical (unpaired) electrons. The summed E-state index contributed by atoms with van der Waals surface area (Å²) < 4.78 is 6.82. The third kappa shape index (κ3) is 6.41. The summed E-state index contributed by atoms with van der Waals surface area (Å²) in [5, 5.41) is 3.44. The number of Topliss-reactive ketones (excluding diaryl/α,β-unsaturated/α-hetero) is 1. The van der Waals surface area contributed by atoms with Gasteiger partial charge in [0, 0.05) is 28.6 Å². The molecule has 3 fully saturated rings. The zero-order chi connectivity index (χ0) is 33.5. The van der Waals surface area contributed by atoms with Crippen LogP contribution in [-0.2, 0) is 32.8 Å². The number of hydrogen-bond donors (Lipinski definition) is 3. The summed E-state index contributed by atoms with van der Waals surface area (Å²) in [4.78, 5) is 37.0. The fourth-order valence-corrected chi connectivity index (χ4v) is 8.88. The van der Waals surface area contributed by atoms with E-state index in [1.54, 1.807) is 11.6 Å². The van der Waals surface area contributed by atoms with Gasteiger partial charge in [0.15, 0.2) is 5.78 Å². The van der Waals surface area contributed by atoms with Crippen LogP contribution in [-0.4, -0.2) is 28.1 Å². The summed E-state index contributed by atoms with van der Waals surface area (Å²) in [6.07, 6.45) is 4.22. The number of ether oxygens (including phenoxy) is 1. The topological polar surface area (TPSA) is 119 Å². The van der Waals surface area contributed by atoms with Crippen molar-refractivity contribution in [3.8, 4) is 0 Å². The molecule has 8 nitrogen and oxygen atoms in total. The molecule has 1 unspecified atom stereocenters. The molecule has 2 aromatic carbocycles. The van der Waals surface area contributed by atoms with E-state index in [4.69, 9.17) is 10.6 Å². The summed E-state index contributed by atoms with van der Waals surface area (Å²) in [6, 6.07) is 20.2. The van der Waals surface area contributed by atoms with Crippen LogP contribution in [0.15, 0.2) is 65.5 Å².